The molecule has 0 saturated heterocycles. The van der Waals surface area contributed by atoms with Gasteiger partial charge in [-0.25, -0.2) is 0 Å². The van der Waals surface area contributed by atoms with E-state index in [1.165, 1.54) is 25.5 Å². The van der Waals surface area contributed by atoms with Crippen molar-refractivity contribution in [1.82, 2.24) is 0 Å². The molecule has 6 nitrogen and oxygen atoms in total. The predicted molar refractivity (Wildman–Crippen MR) is 63.1 cm³/mol. The molecule has 0 amide bonds. The zero-order chi connectivity index (χ0) is 12.1. The third-order valence-electron chi connectivity index (χ3n) is 1.68. The van der Waals surface area contributed by atoms with Gasteiger partial charge in [-0.05, 0) is 6.07 Å². The molecule has 0 aliphatic heterocycles. The number of nitrogens with two attached hydrogens (primary N) is 2. The Morgan fingerprint density at radius 2 is 2.19 bits per heavy atom. The maximum Gasteiger partial charge on any atom is 0.211 e. The van der Waals surface area contributed by atoms with Crippen LogP contribution in [0.4, 0.5) is 0 Å². The summed E-state index contributed by atoms with van der Waals surface area (Å²) < 4.78 is 4.92. The molecule has 16 heavy (non-hydrogen) atoms. The normalized spacial score (nSPS) is 10.4. The van der Waals surface area contributed by atoms with E-state index in [2.05, 4.69) is 10.2 Å². The third-order valence-corrected chi connectivity index (χ3v) is 1.99. The first-order valence-corrected chi connectivity index (χ1v) is 4.61. The molecule has 7 heteroatoms. The van der Waals surface area contributed by atoms with E-state index in [1.807, 2.05) is 0 Å². The molecule has 0 atom stereocenters. The Labute approximate surface area is 97.2 Å². The van der Waals surface area contributed by atoms with E-state index in [-0.39, 0.29) is 16.7 Å². The highest BCUT2D eigenvalue weighted by Crippen LogP contribution is 2.29. The summed E-state index contributed by atoms with van der Waals surface area (Å²) >= 11 is 5.89. The molecule has 0 aliphatic rings. The number of aromatic hydroxyl groups is 1. The first-order valence-electron chi connectivity index (χ1n) is 4.23. The van der Waals surface area contributed by atoms with E-state index >= 15 is 0 Å². The molecule has 1 aromatic carbocycles. The van der Waals surface area contributed by atoms with Crippen molar-refractivity contribution in [3.8, 4) is 11.5 Å². The molecule has 0 heterocycles. The highest BCUT2D eigenvalue weighted by Gasteiger charge is 2.07. The summed E-state index contributed by atoms with van der Waals surface area (Å²) in [5, 5.41) is 16.8. The number of ether oxygens (including phenoxy) is 1. The highest BCUT2D eigenvalue weighted by molar-refractivity contribution is 6.33. The molecule has 0 fully saturated rings. The Kier molecular flexibility index (Phi) is 3.96. The summed E-state index contributed by atoms with van der Waals surface area (Å²) in [6.07, 6.45) is 1.25. The molecule has 0 radical (unpaired) electrons. The Hall–Kier alpha value is -1.95. The summed E-state index contributed by atoms with van der Waals surface area (Å²) in [5.74, 6) is 0.195. The predicted octanol–water partition coefficient (Wildman–Crippen LogP) is 0.662. The number of phenolic OH excluding ortho intramolecular Hbond substituents is 1. The summed E-state index contributed by atoms with van der Waals surface area (Å²) in [7, 11) is 1.47. The van der Waals surface area contributed by atoms with Crippen LogP contribution in [0.2, 0.25) is 5.02 Å². The fraction of sp³-hybridized carbons (Fsp3) is 0.111. The van der Waals surface area contributed by atoms with Gasteiger partial charge in [0.05, 0.1) is 23.9 Å². The van der Waals surface area contributed by atoms with Crippen LogP contribution in [-0.2, 0) is 0 Å². The van der Waals surface area contributed by atoms with E-state index in [9.17, 15) is 5.11 Å². The molecule has 0 bridgehead atoms. The van der Waals surface area contributed by atoms with Crippen molar-refractivity contribution in [2.45, 2.75) is 0 Å². The number of hydrogen-bond donors (Lipinski definition) is 3. The third kappa shape index (κ3) is 3.03. The van der Waals surface area contributed by atoms with E-state index in [0.29, 0.717) is 11.3 Å². The van der Waals surface area contributed by atoms with E-state index < -0.39 is 0 Å². The Morgan fingerprint density at radius 3 is 2.69 bits per heavy atom. The van der Waals surface area contributed by atoms with Crippen molar-refractivity contribution in [2.24, 2.45) is 21.7 Å². The monoisotopic (exact) mass is 242 g/mol. The van der Waals surface area contributed by atoms with Gasteiger partial charge in [0, 0.05) is 6.07 Å². The van der Waals surface area contributed by atoms with Crippen LogP contribution in [0.5, 0.6) is 11.5 Å². The number of phenols is 1. The average molecular weight is 243 g/mol. The van der Waals surface area contributed by atoms with Gasteiger partial charge in [0.1, 0.15) is 11.5 Å². The SMILES string of the molecule is COc1cc(O)c(C=NN=C(N)N)c(Cl)c1. The minimum Gasteiger partial charge on any atom is -0.507 e. The van der Waals surface area contributed by atoms with E-state index in [4.69, 9.17) is 27.8 Å². The number of benzene rings is 1. The molecule has 0 unspecified atom stereocenters. The van der Waals surface area contributed by atoms with E-state index in [1.54, 1.807) is 0 Å². The van der Waals surface area contributed by atoms with Gasteiger partial charge in [-0.1, -0.05) is 11.6 Å². The number of nitrogens with zero attached hydrogens (tertiary/aromatic N) is 2. The van der Waals surface area contributed by atoms with Crippen LogP contribution in [0.15, 0.2) is 22.3 Å². The molecule has 5 N–H and O–H groups in total. The minimum atomic E-state index is -0.180. The zero-order valence-corrected chi connectivity index (χ0v) is 9.27. The van der Waals surface area contributed by atoms with Crippen molar-refractivity contribution in [2.75, 3.05) is 7.11 Å². The first-order chi connectivity index (χ1) is 7.54. The largest absolute Gasteiger partial charge is 0.507 e. The van der Waals surface area contributed by atoms with Gasteiger partial charge in [-0.15, -0.1) is 5.10 Å². The van der Waals surface area contributed by atoms with Crippen LogP contribution in [0.1, 0.15) is 5.56 Å². The average Bonchev–Trinajstić information content (AvgIpc) is 2.21. The molecular weight excluding hydrogens is 232 g/mol. The molecule has 0 aromatic heterocycles. The first kappa shape index (κ1) is 12.1. The van der Waals surface area contributed by atoms with Crippen molar-refractivity contribution in [3.63, 3.8) is 0 Å². The van der Waals surface area contributed by atoms with Crippen molar-refractivity contribution in [3.05, 3.63) is 22.7 Å². The van der Waals surface area contributed by atoms with Crippen molar-refractivity contribution in [1.29, 1.82) is 0 Å². The highest BCUT2D eigenvalue weighted by atomic mass is 35.5. The second kappa shape index (κ2) is 5.22. The Bertz CT molecular complexity index is 418. The number of guanidine groups is 1. The molecule has 0 spiro atoms. The lowest BCUT2D eigenvalue weighted by molar-refractivity contribution is 0.407. The fourth-order valence-corrected chi connectivity index (χ4v) is 1.23. The molecular formula is C9H11ClN4O2. The molecule has 1 aromatic rings. The molecule has 1 rings (SSSR count). The number of rotatable bonds is 3. The van der Waals surface area contributed by atoms with Crippen LogP contribution < -0.4 is 16.2 Å². The maximum absolute atomic E-state index is 9.60. The molecule has 0 saturated carbocycles. The van der Waals surface area contributed by atoms with Crippen LogP contribution in [0.3, 0.4) is 0 Å². The zero-order valence-electron chi connectivity index (χ0n) is 8.51. The molecule has 0 aliphatic carbocycles. The van der Waals surface area contributed by atoms with Crippen LogP contribution >= 0.6 is 11.6 Å². The summed E-state index contributed by atoms with van der Waals surface area (Å²) in [6.45, 7) is 0. The lowest BCUT2D eigenvalue weighted by Gasteiger charge is -2.04. The van der Waals surface area contributed by atoms with E-state index in [0.717, 1.165) is 0 Å². The number of methoxy groups -OCH3 is 1. The second-order valence-corrected chi connectivity index (χ2v) is 3.22. The van der Waals surface area contributed by atoms with Crippen LogP contribution in [-0.4, -0.2) is 24.4 Å². The van der Waals surface area contributed by atoms with Gasteiger partial charge in [-0.2, -0.15) is 5.10 Å². The van der Waals surface area contributed by atoms with Crippen molar-refractivity contribution >= 4 is 23.8 Å². The quantitative estimate of drug-likeness (QED) is 0.411. The van der Waals surface area contributed by atoms with Crippen LogP contribution in [0, 0.1) is 0 Å². The fourth-order valence-electron chi connectivity index (χ4n) is 0.978. The van der Waals surface area contributed by atoms with Crippen molar-refractivity contribution < 1.29 is 9.84 Å². The lowest BCUT2D eigenvalue weighted by Crippen LogP contribution is -2.21. The topological polar surface area (TPSA) is 106 Å². The lowest BCUT2D eigenvalue weighted by atomic mass is 10.2. The van der Waals surface area contributed by atoms with Gasteiger partial charge in [0.25, 0.3) is 0 Å². The summed E-state index contributed by atoms with van der Waals surface area (Å²) in [6, 6.07) is 2.95. The Morgan fingerprint density at radius 1 is 1.50 bits per heavy atom. The maximum atomic E-state index is 9.60. The Balaban J connectivity index is 3.06. The van der Waals surface area contributed by atoms with Gasteiger partial charge in [0.2, 0.25) is 5.96 Å². The molecule has 86 valence electrons. The van der Waals surface area contributed by atoms with Crippen LogP contribution in [0.25, 0.3) is 0 Å². The van der Waals surface area contributed by atoms with Gasteiger partial charge in [0.15, 0.2) is 0 Å². The minimum absolute atomic E-state index is 0.0705. The summed E-state index contributed by atoms with van der Waals surface area (Å²) in [4.78, 5) is 0. The number of hydrogen-bond acceptors (Lipinski definition) is 4. The van der Waals surface area contributed by atoms with Gasteiger partial charge in [-0.3, -0.25) is 0 Å². The summed E-state index contributed by atoms with van der Waals surface area (Å²) in [5.41, 5.74) is 10.5. The number of halogens is 1. The van der Waals surface area contributed by atoms with Gasteiger partial charge >= 0.3 is 0 Å². The second-order valence-electron chi connectivity index (χ2n) is 2.81. The smallest absolute Gasteiger partial charge is 0.211 e. The van der Waals surface area contributed by atoms with Gasteiger partial charge < -0.3 is 21.3 Å². The standard InChI is InChI=1S/C9H11ClN4O2/c1-16-5-2-7(10)6(8(15)3-5)4-13-14-9(11)12/h2-4,15H,1H3,(H4,11,12,14).